The van der Waals surface area contributed by atoms with Crippen LogP contribution < -0.4 is 11.1 Å². The molecule has 0 saturated carbocycles. The van der Waals surface area contributed by atoms with Crippen LogP contribution in [0.1, 0.15) is 70.4 Å². The van der Waals surface area contributed by atoms with Crippen LogP contribution in [0, 0.1) is 5.92 Å². The third-order valence-electron chi connectivity index (χ3n) is 7.28. The fourth-order valence-corrected chi connectivity index (χ4v) is 5.36. The predicted octanol–water partition coefficient (Wildman–Crippen LogP) is 4.96. The highest BCUT2D eigenvalue weighted by Crippen LogP contribution is 2.40. The third kappa shape index (κ3) is 7.46. The summed E-state index contributed by atoms with van der Waals surface area (Å²) in [4.78, 5) is 45.3. The number of carbonyl (C=O) groups is 3. The largest absolute Gasteiger partial charge is 0.453 e. The Labute approximate surface area is 232 Å². The van der Waals surface area contributed by atoms with Crippen LogP contribution >= 0.6 is 0 Å². The minimum absolute atomic E-state index is 0.0457. The zero-order valence-electron chi connectivity index (χ0n) is 23.6. The second-order valence-corrected chi connectivity index (χ2v) is 10.6. The molecular weight excluding hydrogens is 492 g/mol. The third-order valence-corrected chi connectivity index (χ3v) is 7.28. The molecule has 8 heteroatoms. The quantitative estimate of drug-likeness (QED) is 0.333. The molecule has 0 fully saturated rings. The van der Waals surface area contributed by atoms with Gasteiger partial charge in [0.25, 0.3) is 5.91 Å². The number of carbonyl (C=O) groups excluding carboxylic acids is 3. The number of ketones is 1. The highest BCUT2D eigenvalue weighted by atomic mass is 16.5. The number of alkyl carbamates (subject to hydrolysis) is 1. The van der Waals surface area contributed by atoms with Crippen LogP contribution in [-0.4, -0.2) is 47.8 Å². The van der Waals surface area contributed by atoms with E-state index in [4.69, 9.17) is 15.5 Å². The Morgan fingerprint density at radius 1 is 1.05 bits per heavy atom. The highest BCUT2D eigenvalue weighted by molar-refractivity contribution is 6.07. The molecule has 0 saturated heterocycles. The van der Waals surface area contributed by atoms with E-state index in [1.165, 1.54) is 7.11 Å². The molecule has 1 aliphatic rings. The Hall–Kier alpha value is -3.68. The zero-order valence-corrected chi connectivity index (χ0v) is 23.6. The normalized spacial score (nSPS) is 18.5. The maximum absolute atomic E-state index is 13.9. The van der Waals surface area contributed by atoms with Crippen LogP contribution in [-0.2, 0) is 26.3 Å². The van der Waals surface area contributed by atoms with Gasteiger partial charge in [-0.3, -0.25) is 14.5 Å². The highest BCUT2D eigenvalue weighted by Gasteiger charge is 2.50. The first-order valence-electron chi connectivity index (χ1n) is 13.9. The summed E-state index contributed by atoms with van der Waals surface area (Å²) in [5.41, 5.74) is 7.22. The summed E-state index contributed by atoms with van der Waals surface area (Å²) in [6.45, 7) is 6.21. The second-order valence-electron chi connectivity index (χ2n) is 10.6. The van der Waals surface area contributed by atoms with Crippen molar-refractivity contribution in [2.45, 2.75) is 83.3 Å². The number of unbranched alkanes of at least 4 members (excludes halogenated alkanes) is 1. The fourth-order valence-electron chi connectivity index (χ4n) is 5.36. The molecule has 3 atom stereocenters. The van der Waals surface area contributed by atoms with Crippen molar-refractivity contribution in [2.75, 3.05) is 7.11 Å². The lowest BCUT2D eigenvalue weighted by Crippen LogP contribution is -2.48. The molecule has 2 aromatic carbocycles. The van der Waals surface area contributed by atoms with Gasteiger partial charge in [0.1, 0.15) is 0 Å². The van der Waals surface area contributed by atoms with E-state index in [2.05, 4.69) is 19.2 Å². The van der Waals surface area contributed by atoms with Gasteiger partial charge < -0.3 is 15.8 Å². The molecule has 0 spiro atoms. The number of ether oxygens (including phenoxy) is 1. The van der Waals surface area contributed by atoms with Crippen molar-refractivity contribution in [1.29, 1.82) is 0 Å². The SMILES string of the molecule is CC[C@H](CCCCC(=O)[C@H](Cc1ccccc1)NC(=O)OC)N1C(=O)[C@@](CC(C)C)(c2ccccc2)N=C1N. The number of nitrogens with zero attached hydrogens (tertiary/aromatic N) is 2. The van der Waals surface area contributed by atoms with Crippen LogP contribution in [0.15, 0.2) is 65.7 Å². The Morgan fingerprint density at radius 3 is 2.28 bits per heavy atom. The first-order valence-corrected chi connectivity index (χ1v) is 13.9. The molecule has 0 aliphatic carbocycles. The lowest BCUT2D eigenvalue weighted by molar-refractivity contribution is -0.134. The lowest BCUT2D eigenvalue weighted by atomic mass is 9.82. The number of Topliss-reactive ketones (excluding diaryl/α,β-unsaturated/α-hetero) is 1. The van der Waals surface area contributed by atoms with E-state index >= 15 is 0 Å². The Kier molecular flexibility index (Phi) is 10.7. The zero-order chi connectivity index (χ0) is 28.4. The molecular formula is C31H42N4O4. The number of hydrogen-bond acceptors (Lipinski definition) is 6. The van der Waals surface area contributed by atoms with E-state index in [-0.39, 0.29) is 29.6 Å². The van der Waals surface area contributed by atoms with Crippen molar-refractivity contribution in [3.05, 3.63) is 71.8 Å². The van der Waals surface area contributed by atoms with Gasteiger partial charge in [0.15, 0.2) is 17.3 Å². The first-order chi connectivity index (χ1) is 18.7. The summed E-state index contributed by atoms with van der Waals surface area (Å²) < 4.78 is 4.73. The Balaban J connectivity index is 1.64. The number of guanidine groups is 1. The van der Waals surface area contributed by atoms with Crippen LogP contribution in [0.4, 0.5) is 4.79 Å². The van der Waals surface area contributed by atoms with Crippen LogP contribution in [0.3, 0.4) is 0 Å². The monoisotopic (exact) mass is 534 g/mol. The van der Waals surface area contributed by atoms with Gasteiger partial charge in [0, 0.05) is 12.5 Å². The molecule has 2 aromatic rings. The fraction of sp³-hybridized carbons (Fsp3) is 0.484. The van der Waals surface area contributed by atoms with E-state index in [1.54, 1.807) is 4.90 Å². The molecule has 39 heavy (non-hydrogen) atoms. The van der Waals surface area contributed by atoms with Crippen LogP contribution in [0.5, 0.6) is 0 Å². The van der Waals surface area contributed by atoms with Gasteiger partial charge in [-0.1, -0.05) is 87.9 Å². The van der Waals surface area contributed by atoms with Crippen molar-refractivity contribution in [1.82, 2.24) is 10.2 Å². The molecule has 8 nitrogen and oxygen atoms in total. The summed E-state index contributed by atoms with van der Waals surface area (Å²) in [6.07, 6.45) is 3.47. The predicted molar refractivity (Wildman–Crippen MR) is 153 cm³/mol. The number of nitrogens with two attached hydrogens (primary N) is 1. The minimum Gasteiger partial charge on any atom is -0.453 e. The van der Waals surface area contributed by atoms with Gasteiger partial charge in [-0.15, -0.1) is 0 Å². The summed E-state index contributed by atoms with van der Waals surface area (Å²) in [6, 6.07) is 18.5. The average molecular weight is 535 g/mol. The molecule has 0 radical (unpaired) electrons. The molecule has 2 amide bonds. The smallest absolute Gasteiger partial charge is 0.407 e. The van der Waals surface area contributed by atoms with Gasteiger partial charge in [0.2, 0.25) is 0 Å². The number of rotatable bonds is 14. The Morgan fingerprint density at radius 2 is 1.69 bits per heavy atom. The van der Waals surface area contributed by atoms with Crippen LogP contribution in [0.25, 0.3) is 0 Å². The standard InChI is InChI=1S/C31H42N4O4/c1-5-25(35-28(37)31(21-22(2)3,34-29(35)32)24-16-10-7-11-17-24)18-12-13-19-27(36)26(33-30(38)39-4)20-23-14-8-6-9-15-23/h6-11,14-17,22,25-26H,5,12-13,18-21H2,1-4H3,(H2,32,34)(H,33,38)/t25-,26+,31-/m1/s1. The molecule has 1 heterocycles. The Bertz CT molecular complexity index is 1140. The minimum atomic E-state index is -1.01. The molecule has 1 aliphatic heterocycles. The van der Waals surface area contributed by atoms with E-state index in [0.717, 1.165) is 24.0 Å². The summed E-state index contributed by atoms with van der Waals surface area (Å²) in [7, 11) is 1.28. The summed E-state index contributed by atoms with van der Waals surface area (Å²) in [5.74, 6) is 0.389. The van der Waals surface area contributed by atoms with Crippen molar-refractivity contribution >= 4 is 23.7 Å². The molecule has 0 aromatic heterocycles. The van der Waals surface area contributed by atoms with E-state index in [1.807, 2.05) is 67.6 Å². The van der Waals surface area contributed by atoms with Gasteiger partial charge in [-0.2, -0.15) is 0 Å². The van der Waals surface area contributed by atoms with Crippen molar-refractivity contribution < 1.29 is 19.1 Å². The van der Waals surface area contributed by atoms with E-state index in [0.29, 0.717) is 32.1 Å². The number of benzene rings is 2. The van der Waals surface area contributed by atoms with Crippen molar-refractivity contribution in [3.8, 4) is 0 Å². The number of nitrogens with one attached hydrogen (secondary N) is 1. The molecule has 3 N–H and O–H groups in total. The van der Waals surface area contributed by atoms with Gasteiger partial charge in [-0.25, -0.2) is 9.79 Å². The average Bonchev–Trinajstić information content (AvgIpc) is 3.18. The maximum Gasteiger partial charge on any atom is 0.407 e. The second kappa shape index (κ2) is 13.9. The van der Waals surface area contributed by atoms with Crippen molar-refractivity contribution in [3.63, 3.8) is 0 Å². The lowest BCUT2D eigenvalue weighted by Gasteiger charge is -2.32. The van der Waals surface area contributed by atoms with E-state index < -0.39 is 17.7 Å². The van der Waals surface area contributed by atoms with Crippen molar-refractivity contribution in [2.24, 2.45) is 16.6 Å². The number of aliphatic imine (C=N–C) groups is 1. The first kappa shape index (κ1) is 29.9. The van der Waals surface area contributed by atoms with Crippen LogP contribution in [0.2, 0.25) is 0 Å². The number of hydrogen-bond donors (Lipinski definition) is 2. The molecule has 0 bridgehead atoms. The van der Waals surface area contributed by atoms with Gasteiger partial charge >= 0.3 is 6.09 Å². The molecule has 210 valence electrons. The maximum atomic E-state index is 13.9. The molecule has 0 unspecified atom stereocenters. The summed E-state index contributed by atoms with van der Waals surface area (Å²) in [5, 5.41) is 2.68. The topological polar surface area (TPSA) is 114 Å². The van der Waals surface area contributed by atoms with Gasteiger partial charge in [0.05, 0.1) is 13.2 Å². The van der Waals surface area contributed by atoms with E-state index in [9.17, 15) is 14.4 Å². The van der Waals surface area contributed by atoms with Gasteiger partial charge in [-0.05, 0) is 49.1 Å². The number of amides is 2. The molecule has 3 rings (SSSR count). The number of methoxy groups -OCH3 is 1. The summed E-state index contributed by atoms with van der Waals surface area (Å²) >= 11 is 0.